The van der Waals surface area contributed by atoms with Crippen molar-refractivity contribution in [2.75, 3.05) is 5.32 Å². The fourth-order valence-corrected chi connectivity index (χ4v) is 3.16. The Bertz CT molecular complexity index is 1190. The molecule has 0 spiro atoms. The molecule has 6 nitrogen and oxygen atoms in total. The number of aromatic nitrogens is 4. The quantitative estimate of drug-likeness (QED) is 0.532. The van der Waals surface area contributed by atoms with Crippen LogP contribution in [0.3, 0.4) is 0 Å². The first-order valence-electron chi connectivity index (χ1n) is 8.33. The number of anilines is 1. The highest BCUT2D eigenvalue weighted by Gasteiger charge is 2.11. The van der Waals surface area contributed by atoms with Crippen LogP contribution in [-0.2, 0) is 6.54 Å². The van der Waals surface area contributed by atoms with Crippen molar-refractivity contribution in [1.29, 1.82) is 0 Å². The Hall–Kier alpha value is -3.67. The summed E-state index contributed by atoms with van der Waals surface area (Å²) < 4.78 is 7.34. The third kappa shape index (κ3) is 2.39. The SMILES string of the molecule is c1ccc(-c2cnc(NCc3cccc4occc34)n3cnnc23)cc1. The number of furan rings is 1. The number of benzene rings is 2. The summed E-state index contributed by atoms with van der Waals surface area (Å²) in [5.41, 5.74) is 4.81. The first-order chi connectivity index (χ1) is 12.9. The summed E-state index contributed by atoms with van der Waals surface area (Å²) in [4.78, 5) is 4.59. The van der Waals surface area contributed by atoms with Gasteiger partial charge < -0.3 is 9.73 Å². The van der Waals surface area contributed by atoms with Gasteiger partial charge in [-0.15, -0.1) is 10.2 Å². The third-order valence-corrected chi connectivity index (χ3v) is 4.44. The summed E-state index contributed by atoms with van der Waals surface area (Å²) in [5.74, 6) is 0.699. The van der Waals surface area contributed by atoms with Crippen LogP contribution < -0.4 is 5.32 Å². The van der Waals surface area contributed by atoms with Gasteiger partial charge in [0.25, 0.3) is 0 Å². The highest BCUT2D eigenvalue weighted by atomic mass is 16.3. The van der Waals surface area contributed by atoms with Gasteiger partial charge in [0.1, 0.15) is 11.9 Å². The lowest BCUT2D eigenvalue weighted by molar-refractivity contribution is 0.616. The monoisotopic (exact) mass is 341 g/mol. The highest BCUT2D eigenvalue weighted by Crippen LogP contribution is 2.25. The van der Waals surface area contributed by atoms with Gasteiger partial charge in [0, 0.05) is 23.7 Å². The molecule has 3 heterocycles. The Balaban J connectivity index is 1.51. The van der Waals surface area contributed by atoms with Crippen LogP contribution in [0.5, 0.6) is 0 Å². The smallest absolute Gasteiger partial charge is 0.210 e. The molecule has 5 aromatic rings. The zero-order chi connectivity index (χ0) is 17.3. The van der Waals surface area contributed by atoms with Gasteiger partial charge in [-0.3, -0.25) is 4.40 Å². The molecule has 0 fully saturated rings. The van der Waals surface area contributed by atoms with E-state index in [1.807, 2.05) is 59.1 Å². The van der Waals surface area contributed by atoms with Crippen LogP contribution in [0.15, 0.2) is 77.8 Å². The fourth-order valence-electron chi connectivity index (χ4n) is 3.16. The molecule has 0 aliphatic rings. The van der Waals surface area contributed by atoms with Crippen molar-refractivity contribution >= 4 is 22.6 Å². The van der Waals surface area contributed by atoms with Gasteiger partial charge in [-0.2, -0.15) is 0 Å². The number of hydrogen-bond donors (Lipinski definition) is 1. The van der Waals surface area contributed by atoms with Crippen LogP contribution in [0.2, 0.25) is 0 Å². The minimum Gasteiger partial charge on any atom is -0.464 e. The lowest BCUT2D eigenvalue weighted by Gasteiger charge is -2.10. The second-order valence-corrected chi connectivity index (χ2v) is 5.99. The van der Waals surface area contributed by atoms with Crippen molar-refractivity contribution in [3.05, 3.63) is 78.9 Å². The van der Waals surface area contributed by atoms with Crippen LogP contribution in [0, 0.1) is 0 Å². The van der Waals surface area contributed by atoms with E-state index in [0.29, 0.717) is 12.5 Å². The number of nitrogens with zero attached hydrogens (tertiary/aromatic N) is 4. The summed E-state index contributed by atoms with van der Waals surface area (Å²) in [6.45, 7) is 0.627. The van der Waals surface area contributed by atoms with E-state index in [4.69, 9.17) is 4.42 Å². The molecule has 26 heavy (non-hydrogen) atoms. The van der Waals surface area contributed by atoms with Gasteiger partial charge in [0.2, 0.25) is 5.95 Å². The van der Waals surface area contributed by atoms with Gasteiger partial charge in [-0.05, 0) is 23.3 Å². The van der Waals surface area contributed by atoms with Gasteiger partial charge in [-0.25, -0.2) is 4.98 Å². The summed E-state index contributed by atoms with van der Waals surface area (Å²) >= 11 is 0. The number of hydrogen-bond acceptors (Lipinski definition) is 5. The average Bonchev–Trinajstić information content (AvgIpc) is 3.36. The van der Waals surface area contributed by atoms with Gasteiger partial charge in [0.15, 0.2) is 5.65 Å². The molecule has 0 bridgehead atoms. The lowest BCUT2D eigenvalue weighted by Crippen LogP contribution is -2.07. The van der Waals surface area contributed by atoms with E-state index >= 15 is 0 Å². The second-order valence-electron chi connectivity index (χ2n) is 5.99. The van der Waals surface area contributed by atoms with E-state index in [2.05, 4.69) is 26.6 Å². The predicted octanol–water partition coefficient (Wildman–Crippen LogP) is 4.15. The fraction of sp³-hybridized carbons (Fsp3) is 0.0500. The normalized spacial score (nSPS) is 11.2. The van der Waals surface area contributed by atoms with Gasteiger partial charge in [0.05, 0.1) is 6.26 Å². The molecule has 6 heteroatoms. The van der Waals surface area contributed by atoms with Crippen molar-refractivity contribution in [3.8, 4) is 11.1 Å². The Kier molecular flexibility index (Phi) is 3.38. The van der Waals surface area contributed by atoms with Gasteiger partial charge in [-0.1, -0.05) is 42.5 Å². The molecule has 0 saturated heterocycles. The van der Waals surface area contributed by atoms with Crippen molar-refractivity contribution in [2.24, 2.45) is 0 Å². The van der Waals surface area contributed by atoms with Crippen LogP contribution >= 0.6 is 0 Å². The Morgan fingerprint density at radius 3 is 2.85 bits per heavy atom. The molecule has 126 valence electrons. The number of rotatable bonds is 4. The molecule has 0 unspecified atom stereocenters. The Morgan fingerprint density at radius 2 is 1.92 bits per heavy atom. The maximum Gasteiger partial charge on any atom is 0.210 e. The lowest BCUT2D eigenvalue weighted by atomic mass is 10.1. The van der Waals surface area contributed by atoms with Crippen molar-refractivity contribution in [2.45, 2.75) is 6.54 Å². The average molecular weight is 341 g/mol. The first-order valence-corrected chi connectivity index (χ1v) is 8.33. The third-order valence-electron chi connectivity index (χ3n) is 4.44. The van der Waals surface area contributed by atoms with Crippen LogP contribution in [0.4, 0.5) is 5.95 Å². The molecule has 2 aromatic carbocycles. The highest BCUT2D eigenvalue weighted by molar-refractivity contribution is 5.81. The Morgan fingerprint density at radius 1 is 1.00 bits per heavy atom. The molecule has 0 aliphatic carbocycles. The largest absolute Gasteiger partial charge is 0.464 e. The van der Waals surface area contributed by atoms with Gasteiger partial charge >= 0.3 is 0 Å². The Labute approximate surface area is 149 Å². The second kappa shape index (κ2) is 6.00. The topological polar surface area (TPSA) is 68.2 Å². The summed E-state index contributed by atoms with van der Waals surface area (Å²) in [7, 11) is 0. The molecule has 0 saturated carbocycles. The maximum atomic E-state index is 5.46. The predicted molar refractivity (Wildman–Crippen MR) is 99.8 cm³/mol. The van der Waals surface area contributed by atoms with Crippen molar-refractivity contribution < 1.29 is 4.42 Å². The zero-order valence-corrected chi connectivity index (χ0v) is 13.8. The molecule has 0 aliphatic heterocycles. The minimum atomic E-state index is 0.627. The maximum absolute atomic E-state index is 5.46. The zero-order valence-electron chi connectivity index (χ0n) is 13.8. The molecule has 5 rings (SSSR count). The van der Waals surface area contributed by atoms with Crippen molar-refractivity contribution in [1.82, 2.24) is 19.6 Å². The molecule has 0 atom stereocenters. The van der Waals surface area contributed by atoms with E-state index in [1.165, 1.54) is 0 Å². The number of nitrogens with one attached hydrogen (secondary N) is 1. The van der Waals surface area contributed by atoms with Crippen LogP contribution in [0.25, 0.3) is 27.7 Å². The molecule has 0 amide bonds. The molecule has 3 aromatic heterocycles. The van der Waals surface area contributed by atoms with E-state index < -0.39 is 0 Å². The summed E-state index contributed by atoms with van der Waals surface area (Å²) in [6, 6.07) is 18.1. The number of fused-ring (bicyclic) bond motifs is 2. The van der Waals surface area contributed by atoms with E-state index in [0.717, 1.165) is 33.3 Å². The van der Waals surface area contributed by atoms with E-state index in [-0.39, 0.29) is 0 Å². The minimum absolute atomic E-state index is 0.627. The van der Waals surface area contributed by atoms with E-state index in [1.54, 1.807) is 12.6 Å². The first kappa shape index (κ1) is 14.7. The molecule has 0 radical (unpaired) electrons. The van der Waals surface area contributed by atoms with Crippen LogP contribution in [0.1, 0.15) is 5.56 Å². The molecular formula is C20H15N5O. The molecular weight excluding hydrogens is 326 g/mol. The van der Waals surface area contributed by atoms with Crippen LogP contribution in [-0.4, -0.2) is 19.6 Å². The van der Waals surface area contributed by atoms with Crippen molar-refractivity contribution in [3.63, 3.8) is 0 Å². The van der Waals surface area contributed by atoms with E-state index in [9.17, 15) is 0 Å². The summed E-state index contributed by atoms with van der Waals surface area (Å²) in [5, 5.41) is 12.8. The molecule has 1 N–H and O–H groups in total. The summed E-state index contributed by atoms with van der Waals surface area (Å²) in [6.07, 6.45) is 5.22. The standard InChI is InChI=1S/C20H15N5O/c1-2-5-14(6-3-1)17-12-22-20(25-13-23-24-19(17)25)21-11-15-7-4-8-18-16(15)9-10-26-18/h1-10,12-13H,11H2,(H,21,22).